The Morgan fingerprint density at radius 2 is 1.82 bits per heavy atom. The third-order valence-electron chi connectivity index (χ3n) is 2.81. The molecule has 17 heavy (non-hydrogen) atoms. The summed E-state index contributed by atoms with van der Waals surface area (Å²) in [5.41, 5.74) is 0. The van der Waals surface area contributed by atoms with Gasteiger partial charge in [-0.3, -0.25) is 14.9 Å². The maximum absolute atomic E-state index is 11.6. The quantitative estimate of drug-likeness (QED) is 0.708. The Morgan fingerprint density at radius 3 is 2.35 bits per heavy atom. The van der Waals surface area contributed by atoms with Crippen molar-refractivity contribution in [3.05, 3.63) is 0 Å². The van der Waals surface area contributed by atoms with Crippen molar-refractivity contribution in [2.45, 2.75) is 38.7 Å². The third kappa shape index (κ3) is 4.05. The van der Waals surface area contributed by atoms with Gasteiger partial charge in [-0.15, -0.1) is 0 Å². The Balaban J connectivity index is 2.36. The fourth-order valence-electron chi connectivity index (χ4n) is 1.76. The first-order valence-corrected chi connectivity index (χ1v) is 5.77. The molecule has 1 aliphatic carbocycles. The van der Waals surface area contributed by atoms with Crippen LogP contribution in [0.4, 0.5) is 4.79 Å². The van der Waals surface area contributed by atoms with Gasteiger partial charge >= 0.3 is 12.0 Å². The molecule has 0 aromatic carbocycles. The first-order valence-electron chi connectivity index (χ1n) is 5.77. The summed E-state index contributed by atoms with van der Waals surface area (Å²) in [6.07, 6.45) is 2.75. The molecular formula is C11H18N2O4. The van der Waals surface area contributed by atoms with E-state index < -0.39 is 18.0 Å². The molecule has 1 atom stereocenters. The Kier molecular flexibility index (Phi) is 4.93. The van der Waals surface area contributed by atoms with Crippen LogP contribution in [0.3, 0.4) is 0 Å². The second kappa shape index (κ2) is 6.22. The number of carbonyl (C=O) groups excluding carboxylic acids is 3. The summed E-state index contributed by atoms with van der Waals surface area (Å²) in [4.78, 5) is 33.9. The van der Waals surface area contributed by atoms with Crippen LogP contribution in [0.25, 0.3) is 0 Å². The van der Waals surface area contributed by atoms with Crippen molar-refractivity contribution in [3.8, 4) is 0 Å². The molecule has 1 fully saturated rings. The summed E-state index contributed by atoms with van der Waals surface area (Å²) >= 11 is 0. The molecule has 0 spiro atoms. The van der Waals surface area contributed by atoms with Crippen molar-refractivity contribution in [1.29, 1.82) is 0 Å². The maximum Gasteiger partial charge on any atom is 0.321 e. The number of carbonyl (C=O) groups is 3. The van der Waals surface area contributed by atoms with Crippen molar-refractivity contribution in [2.75, 3.05) is 7.05 Å². The molecule has 0 bridgehead atoms. The Bertz CT molecular complexity index is 311. The van der Waals surface area contributed by atoms with E-state index in [-0.39, 0.29) is 11.9 Å². The van der Waals surface area contributed by atoms with Crippen molar-refractivity contribution in [3.63, 3.8) is 0 Å². The molecule has 0 aromatic heterocycles. The standard InChI is InChI=1S/C11H18N2O4/c1-7(9(14)13-11(16)12-2)17-10(15)8-5-3-4-6-8/h7-8H,3-6H2,1-2H3,(H2,12,13,14,16)/t7-/m1/s1. The Hall–Kier alpha value is -1.59. The molecule has 1 rings (SSSR count). The summed E-state index contributed by atoms with van der Waals surface area (Å²) in [5, 5.41) is 4.31. The van der Waals surface area contributed by atoms with Gasteiger partial charge in [-0.25, -0.2) is 4.79 Å². The van der Waals surface area contributed by atoms with Gasteiger partial charge < -0.3 is 10.1 Å². The molecule has 1 saturated carbocycles. The number of imide groups is 1. The van der Waals surface area contributed by atoms with Gasteiger partial charge in [-0.1, -0.05) is 12.8 Å². The van der Waals surface area contributed by atoms with Crippen molar-refractivity contribution in [2.24, 2.45) is 5.92 Å². The molecule has 0 unspecified atom stereocenters. The van der Waals surface area contributed by atoms with E-state index in [4.69, 9.17) is 4.74 Å². The lowest BCUT2D eigenvalue weighted by atomic mass is 10.1. The zero-order valence-corrected chi connectivity index (χ0v) is 10.1. The molecule has 6 nitrogen and oxygen atoms in total. The molecule has 96 valence electrons. The van der Waals surface area contributed by atoms with E-state index in [1.807, 2.05) is 0 Å². The fraction of sp³-hybridized carbons (Fsp3) is 0.727. The van der Waals surface area contributed by atoms with Crippen molar-refractivity contribution in [1.82, 2.24) is 10.6 Å². The van der Waals surface area contributed by atoms with Crippen LogP contribution in [0.1, 0.15) is 32.6 Å². The van der Waals surface area contributed by atoms with Gasteiger partial charge in [-0.2, -0.15) is 0 Å². The maximum atomic E-state index is 11.6. The summed E-state index contributed by atoms with van der Waals surface area (Å²) < 4.78 is 5.01. The minimum atomic E-state index is -0.944. The van der Waals surface area contributed by atoms with E-state index in [1.165, 1.54) is 14.0 Å². The van der Waals surface area contributed by atoms with E-state index in [1.54, 1.807) is 0 Å². The molecule has 0 heterocycles. The molecule has 0 aromatic rings. The van der Waals surface area contributed by atoms with E-state index in [0.717, 1.165) is 25.7 Å². The van der Waals surface area contributed by atoms with E-state index >= 15 is 0 Å². The van der Waals surface area contributed by atoms with Crippen LogP contribution < -0.4 is 10.6 Å². The van der Waals surface area contributed by atoms with Crippen LogP contribution in [0.2, 0.25) is 0 Å². The number of nitrogens with one attached hydrogen (secondary N) is 2. The molecule has 6 heteroatoms. The summed E-state index contributed by atoms with van der Waals surface area (Å²) in [6.45, 7) is 1.45. The molecule has 0 saturated heterocycles. The van der Waals surface area contributed by atoms with Gasteiger partial charge in [-0.05, 0) is 19.8 Å². The molecular weight excluding hydrogens is 224 g/mol. The zero-order valence-electron chi connectivity index (χ0n) is 10.1. The third-order valence-corrected chi connectivity index (χ3v) is 2.81. The van der Waals surface area contributed by atoms with Gasteiger partial charge in [0.25, 0.3) is 5.91 Å². The van der Waals surface area contributed by atoms with Gasteiger partial charge in [0.2, 0.25) is 0 Å². The van der Waals surface area contributed by atoms with Crippen LogP contribution in [-0.4, -0.2) is 31.1 Å². The number of amides is 3. The smallest absolute Gasteiger partial charge is 0.321 e. The Labute approximate surface area is 100 Å². The summed E-state index contributed by atoms with van der Waals surface area (Å²) in [6, 6.07) is -0.612. The zero-order chi connectivity index (χ0) is 12.8. The lowest BCUT2D eigenvalue weighted by Gasteiger charge is -2.15. The highest BCUT2D eigenvalue weighted by Crippen LogP contribution is 2.26. The Morgan fingerprint density at radius 1 is 1.24 bits per heavy atom. The predicted molar refractivity (Wildman–Crippen MR) is 60.1 cm³/mol. The van der Waals surface area contributed by atoms with Crippen LogP contribution in [0.15, 0.2) is 0 Å². The topological polar surface area (TPSA) is 84.5 Å². The number of hydrogen-bond donors (Lipinski definition) is 2. The molecule has 0 aliphatic heterocycles. The van der Waals surface area contributed by atoms with Crippen LogP contribution in [0.5, 0.6) is 0 Å². The second-order valence-electron chi connectivity index (χ2n) is 4.13. The molecule has 0 radical (unpaired) electrons. The van der Waals surface area contributed by atoms with E-state index in [0.29, 0.717) is 0 Å². The predicted octanol–water partition coefficient (Wildman–Crippen LogP) is 0.564. The number of esters is 1. The van der Waals surface area contributed by atoms with Gasteiger partial charge in [0, 0.05) is 7.05 Å². The van der Waals surface area contributed by atoms with Crippen LogP contribution in [0, 0.1) is 5.92 Å². The summed E-state index contributed by atoms with van der Waals surface area (Å²) in [7, 11) is 1.40. The largest absolute Gasteiger partial charge is 0.452 e. The number of hydrogen-bond acceptors (Lipinski definition) is 4. The highest BCUT2D eigenvalue weighted by Gasteiger charge is 2.27. The highest BCUT2D eigenvalue weighted by atomic mass is 16.5. The SMILES string of the molecule is CNC(=O)NC(=O)[C@@H](C)OC(=O)C1CCCC1. The second-order valence-corrected chi connectivity index (χ2v) is 4.13. The molecule has 3 amide bonds. The lowest BCUT2D eigenvalue weighted by Crippen LogP contribution is -2.43. The van der Waals surface area contributed by atoms with E-state index in [9.17, 15) is 14.4 Å². The highest BCUT2D eigenvalue weighted by molar-refractivity contribution is 5.97. The lowest BCUT2D eigenvalue weighted by molar-refractivity contribution is -0.158. The minimum absolute atomic E-state index is 0.0924. The van der Waals surface area contributed by atoms with Crippen molar-refractivity contribution >= 4 is 17.9 Å². The van der Waals surface area contributed by atoms with Crippen molar-refractivity contribution < 1.29 is 19.1 Å². The van der Waals surface area contributed by atoms with Crippen LogP contribution in [-0.2, 0) is 14.3 Å². The average Bonchev–Trinajstić information content (AvgIpc) is 2.82. The number of ether oxygens (including phenoxy) is 1. The fourth-order valence-corrected chi connectivity index (χ4v) is 1.76. The van der Waals surface area contributed by atoms with Gasteiger partial charge in [0.15, 0.2) is 6.10 Å². The van der Waals surface area contributed by atoms with Gasteiger partial charge in [0.1, 0.15) is 0 Å². The normalized spacial score (nSPS) is 17.3. The number of rotatable bonds is 3. The average molecular weight is 242 g/mol. The first kappa shape index (κ1) is 13.5. The molecule has 2 N–H and O–H groups in total. The van der Waals surface area contributed by atoms with Gasteiger partial charge in [0.05, 0.1) is 5.92 Å². The number of urea groups is 1. The van der Waals surface area contributed by atoms with Crippen LogP contribution >= 0.6 is 0 Å². The molecule has 1 aliphatic rings. The first-order chi connectivity index (χ1) is 8.04. The minimum Gasteiger partial charge on any atom is -0.452 e. The summed E-state index contributed by atoms with van der Waals surface area (Å²) in [5.74, 6) is -1.05. The monoisotopic (exact) mass is 242 g/mol. The van der Waals surface area contributed by atoms with E-state index in [2.05, 4.69) is 10.6 Å².